The van der Waals surface area contributed by atoms with Gasteiger partial charge in [-0.25, -0.2) is 9.97 Å². The predicted octanol–water partition coefficient (Wildman–Crippen LogP) is 4.58. The van der Waals surface area contributed by atoms with Crippen molar-refractivity contribution in [2.75, 3.05) is 12.4 Å². The molecule has 1 unspecified atom stereocenters. The second-order valence-corrected chi connectivity index (χ2v) is 7.32. The van der Waals surface area contributed by atoms with Gasteiger partial charge < -0.3 is 10.1 Å². The van der Waals surface area contributed by atoms with Gasteiger partial charge in [0, 0.05) is 5.56 Å². The van der Waals surface area contributed by atoms with E-state index < -0.39 is 0 Å². The summed E-state index contributed by atoms with van der Waals surface area (Å²) in [6.45, 7) is 3.71. The average molecular weight is 379 g/mol. The third kappa shape index (κ3) is 4.86. The van der Waals surface area contributed by atoms with Gasteiger partial charge in [-0.1, -0.05) is 54.2 Å². The van der Waals surface area contributed by atoms with Gasteiger partial charge in [-0.2, -0.15) is 0 Å². The van der Waals surface area contributed by atoms with Crippen molar-refractivity contribution in [3.05, 3.63) is 66.5 Å². The molecule has 0 radical (unpaired) electrons. The summed E-state index contributed by atoms with van der Waals surface area (Å²) in [5.41, 5.74) is 2.53. The molecule has 0 aliphatic heterocycles. The molecule has 0 fully saturated rings. The lowest BCUT2D eigenvalue weighted by Gasteiger charge is -2.14. The van der Waals surface area contributed by atoms with Gasteiger partial charge in [-0.15, -0.1) is 0 Å². The molecule has 0 aliphatic carbocycles. The molecule has 27 heavy (non-hydrogen) atoms. The van der Waals surface area contributed by atoms with Gasteiger partial charge in [0.25, 0.3) is 0 Å². The molecule has 5 nitrogen and oxygen atoms in total. The SMILES string of the molecule is COc1ccccc1NC(=O)C(C)Sc1cc(-c2ccccc2)nc(C)n1. The van der Waals surface area contributed by atoms with Crippen molar-refractivity contribution in [2.24, 2.45) is 0 Å². The van der Waals surface area contributed by atoms with Crippen LogP contribution in [0.2, 0.25) is 0 Å². The Bertz CT molecular complexity index is 932. The molecule has 1 aromatic heterocycles. The van der Waals surface area contributed by atoms with Gasteiger partial charge in [0.05, 0.1) is 23.7 Å². The Morgan fingerprint density at radius 3 is 2.52 bits per heavy atom. The first-order valence-corrected chi connectivity index (χ1v) is 9.46. The number of nitrogens with one attached hydrogen (secondary N) is 1. The molecule has 1 atom stereocenters. The lowest BCUT2D eigenvalue weighted by atomic mass is 10.1. The van der Waals surface area contributed by atoms with Crippen molar-refractivity contribution >= 4 is 23.4 Å². The Balaban J connectivity index is 1.74. The van der Waals surface area contributed by atoms with Crippen molar-refractivity contribution < 1.29 is 9.53 Å². The maximum atomic E-state index is 12.6. The van der Waals surface area contributed by atoms with Crippen molar-refractivity contribution in [3.8, 4) is 17.0 Å². The van der Waals surface area contributed by atoms with E-state index in [1.807, 2.05) is 74.5 Å². The number of methoxy groups -OCH3 is 1. The van der Waals surface area contributed by atoms with Gasteiger partial charge in [0.2, 0.25) is 5.91 Å². The van der Waals surface area contributed by atoms with Crippen LogP contribution in [0.4, 0.5) is 5.69 Å². The summed E-state index contributed by atoms with van der Waals surface area (Å²) < 4.78 is 5.28. The number of aromatic nitrogens is 2. The molecule has 2 aromatic carbocycles. The van der Waals surface area contributed by atoms with Gasteiger partial charge >= 0.3 is 0 Å². The minimum atomic E-state index is -0.326. The number of hydrogen-bond acceptors (Lipinski definition) is 5. The molecule has 0 saturated heterocycles. The quantitative estimate of drug-likeness (QED) is 0.502. The fraction of sp³-hybridized carbons (Fsp3) is 0.190. The first-order valence-electron chi connectivity index (χ1n) is 8.58. The average Bonchev–Trinajstić information content (AvgIpc) is 2.68. The zero-order chi connectivity index (χ0) is 19.2. The molecule has 6 heteroatoms. The van der Waals surface area contributed by atoms with E-state index in [1.165, 1.54) is 11.8 Å². The number of carbonyl (C=O) groups excluding carboxylic acids is 1. The molecule has 0 aliphatic rings. The highest BCUT2D eigenvalue weighted by molar-refractivity contribution is 8.00. The normalized spacial score (nSPS) is 11.7. The van der Waals surface area contributed by atoms with Gasteiger partial charge in [0.1, 0.15) is 16.6 Å². The number of anilines is 1. The minimum absolute atomic E-state index is 0.109. The lowest BCUT2D eigenvalue weighted by molar-refractivity contribution is -0.115. The monoisotopic (exact) mass is 379 g/mol. The molecule has 1 N–H and O–H groups in total. The van der Waals surface area contributed by atoms with Crippen LogP contribution in [0, 0.1) is 6.92 Å². The number of ether oxygens (including phenoxy) is 1. The second-order valence-electron chi connectivity index (χ2n) is 5.95. The van der Waals surface area contributed by atoms with E-state index in [0.29, 0.717) is 17.3 Å². The van der Waals surface area contributed by atoms with E-state index in [4.69, 9.17) is 4.74 Å². The zero-order valence-electron chi connectivity index (χ0n) is 15.5. The third-order valence-electron chi connectivity index (χ3n) is 3.92. The summed E-state index contributed by atoms with van der Waals surface area (Å²) in [4.78, 5) is 21.6. The van der Waals surface area contributed by atoms with E-state index in [1.54, 1.807) is 7.11 Å². The lowest BCUT2D eigenvalue weighted by Crippen LogP contribution is -2.22. The van der Waals surface area contributed by atoms with Gasteiger partial charge in [-0.3, -0.25) is 4.79 Å². The Labute approximate surface area is 163 Å². The van der Waals surface area contributed by atoms with Crippen molar-refractivity contribution in [3.63, 3.8) is 0 Å². The summed E-state index contributed by atoms with van der Waals surface area (Å²) >= 11 is 1.40. The molecule has 0 spiro atoms. The third-order valence-corrected chi connectivity index (χ3v) is 4.93. The van der Waals surface area contributed by atoms with Crippen LogP contribution < -0.4 is 10.1 Å². The van der Waals surface area contributed by atoms with Gasteiger partial charge in [-0.05, 0) is 32.0 Å². The molecular formula is C21H21N3O2S. The van der Waals surface area contributed by atoms with Crippen molar-refractivity contribution in [1.29, 1.82) is 0 Å². The highest BCUT2D eigenvalue weighted by Crippen LogP contribution is 2.28. The van der Waals surface area contributed by atoms with Crippen LogP contribution in [0.3, 0.4) is 0 Å². The first-order chi connectivity index (χ1) is 13.1. The van der Waals surface area contributed by atoms with Crippen molar-refractivity contribution in [2.45, 2.75) is 24.1 Å². The second kappa shape index (κ2) is 8.68. The number of amides is 1. The molecule has 3 aromatic rings. The number of thioether (sulfide) groups is 1. The largest absolute Gasteiger partial charge is 0.495 e. The number of hydrogen-bond donors (Lipinski definition) is 1. The van der Waals surface area contributed by atoms with Gasteiger partial charge in [0.15, 0.2) is 0 Å². The van der Waals surface area contributed by atoms with E-state index in [2.05, 4.69) is 15.3 Å². The fourth-order valence-electron chi connectivity index (χ4n) is 2.57. The van der Waals surface area contributed by atoms with Crippen LogP contribution in [0.15, 0.2) is 65.7 Å². The Hall–Kier alpha value is -2.86. The first kappa shape index (κ1) is 18.9. The van der Waals surface area contributed by atoms with E-state index in [9.17, 15) is 4.79 Å². The molecule has 1 amide bonds. The Morgan fingerprint density at radius 2 is 1.78 bits per heavy atom. The summed E-state index contributed by atoms with van der Waals surface area (Å²) in [6.07, 6.45) is 0. The zero-order valence-corrected chi connectivity index (χ0v) is 16.3. The standard InChI is InChI=1S/C21H21N3O2S/c1-14(21(25)24-17-11-7-8-12-19(17)26-3)27-20-13-18(22-15(2)23-20)16-9-5-4-6-10-16/h4-14H,1-3H3,(H,24,25). The number of benzene rings is 2. The van der Waals surface area contributed by atoms with Crippen molar-refractivity contribution in [1.82, 2.24) is 9.97 Å². The molecular weight excluding hydrogens is 358 g/mol. The summed E-state index contributed by atoms with van der Waals surface area (Å²) in [7, 11) is 1.58. The van der Waals surface area contributed by atoms with Crippen LogP contribution in [-0.2, 0) is 4.79 Å². The van der Waals surface area contributed by atoms with E-state index >= 15 is 0 Å². The number of para-hydroxylation sites is 2. The topological polar surface area (TPSA) is 64.1 Å². The Kier molecular flexibility index (Phi) is 6.08. The van der Waals surface area contributed by atoms with Crippen LogP contribution >= 0.6 is 11.8 Å². The smallest absolute Gasteiger partial charge is 0.237 e. The van der Waals surface area contributed by atoms with Crippen LogP contribution in [-0.4, -0.2) is 28.2 Å². The molecule has 3 rings (SSSR count). The summed E-state index contributed by atoms with van der Waals surface area (Å²) in [6, 6.07) is 19.2. The maximum Gasteiger partial charge on any atom is 0.237 e. The number of nitrogens with zero attached hydrogens (tertiary/aromatic N) is 2. The van der Waals surface area contributed by atoms with Crippen LogP contribution in [0.25, 0.3) is 11.3 Å². The molecule has 138 valence electrons. The van der Waals surface area contributed by atoms with E-state index in [0.717, 1.165) is 16.3 Å². The minimum Gasteiger partial charge on any atom is -0.495 e. The number of carbonyl (C=O) groups is 1. The Morgan fingerprint density at radius 1 is 1.07 bits per heavy atom. The van der Waals surface area contributed by atoms with Crippen LogP contribution in [0.5, 0.6) is 5.75 Å². The summed E-state index contributed by atoms with van der Waals surface area (Å²) in [5.74, 6) is 1.20. The molecule has 0 bridgehead atoms. The highest BCUT2D eigenvalue weighted by Gasteiger charge is 2.18. The summed E-state index contributed by atoms with van der Waals surface area (Å²) in [5, 5.41) is 3.36. The molecule has 1 heterocycles. The number of aryl methyl sites for hydroxylation is 1. The van der Waals surface area contributed by atoms with Crippen LogP contribution in [0.1, 0.15) is 12.7 Å². The fourth-order valence-corrected chi connectivity index (χ4v) is 3.47. The highest BCUT2D eigenvalue weighted by atomic mass is 32.2. The van der Waals surface area contributed by atoms with E-state index in [-0.39, 0.29) is 11.2 Å². The maximum absolute atomic E-state index is 12.6. The number of rotatable bonds is 6. The predicted molar refractivity (Wildman–Crippen MR) is 109 cm³/mol. The molecule has 0 saturated carbocycles.